The lowest BCUT2D eigenvalue weighted by Crippen LogP contribution is -2.39. The number of hydrogen-bond acceptors (Lipinski definition) is 3. The number of nitrogens with zero attached hydrogens (tertiary/aromatic N) is 2. The third kappa shape index (κ3) is 5.42. The van der Waals surface area contributed by atoms with Crippen molar-refractivity contribution in [2.75, 3.05) is 13.1 Å². The third-order valence-electron chi connectivity index (χ3n) is 2.80. The molecule has 3 N–H and O–H groups in total. The Hall–Kier alpha value is -2.04. The topological polar surface area (TPSA) is 78.9 Å². The zero-order valence-electron chi connectivity index (χ0n) is 11.2. The Morgan fingerprint density at radius 1 is 1.37 bits per heavy atom. The lowest BCUT2D eigenvalue weighted by molar-refractivity contribution is -0.130. The van der Waals surface area contributed by atoms with E-state index in [-0.39, 0.29) is 18.3 Å². The van der Waals surface area contributed by atoms with Gasteiger partial charge in [0.15, 0.2) is 5.84 Å². The maximum Gasteiger partial charge on any atom is 0.223 e. The van der Waals surface area contributed by atoms with Crippen molar-refractivity contribution in [1.29, 1.82) is 0 Å². The number of amides is 1. The minimum absolute atomic E-state index is 0.0253. The summed E-state index contributed by atoms with van der Waals surface area (Å²) in [6, 6.07) is 9.87. The van der Waals surface area contributed by atoms with E-state index in [1.54, 1.807) is 4.90 Å². The van der Waals surface area contributed by atoms with Crippen LogP contribution in [0.2, 0.25) is 0 Å². The third-order valence-corrected chi connectivity index (χ3v) is 2.80. The molecule has 5 heteroatoms. The summed E-state index contributed by atoms with van der Waals surface area (Å²) in [4.78, 5) is 13.7. The van der Waals surface area contributed by atoms with Gasteiger partial charge in [0.25, 0.3) is 0 Å². The van der Waals surface area contributed by atoms with Crippen LogP contribution < -0.4 is 5.73 Å². The molecule has 0 aliphatic carbocycles. The Labute approximate surface area is 113 Å². The predicted molar refractivity (Wildman–Crippen MR) is 75.0 cm³/mol. The summed E-state index contributed by atoms with van der Waals surface area (Å²) in [6.07, 6.45) is 1.98. The second-order valence-corrected chi connectivity index (χ2v) is 4.39. The Morgan fingerprint density at radius 2 is 2.05 bits per heavy atom. The minimum atomic E-state index is 0.0253. The molecule has 0 fully saturated rings. The van der Waals surface area contributed by atoms with Gasteiger partial charge >= 0.3 is 0 Å². The highest BCUT2D eigenvalue weighted by Gasteiger charge is 2.14. The summed E-state index contributed by atoms with van der Waals surface area (Å²) in [5, 5.41) is 11.5. The van der Waals surface area contributed by atoms with Gasteiger partial charge in [-0.2, -0.15) is 0 Å². The first-order chi connectivity index (χ1) is 9.17. The number of nitrogens with two attached hydrogens (primary N) is 1. The first kappa shape index (κ1) is 15.0. The highest BCUT2D eigenvalue weighted by Crippen LogP contribution is 2.05. The largest absolute Gasteiger partial charge is 0.409 e. The molecule has 0 atom stereocenters. The van der Waals surface area contributed by atoms with E-state index in [1.807, 2.05) is 37.3 Å². The van der Waals surface area contributed by atoms with Gasteiger partial charge in [0, 0.05) is 13.0 Å². The molecule has 0 radical (unpaired) electrons. The molecule has 0 saturated carbocycles. The van der Waals surface area contributed by atoms with Gasteiger partial charge in [0.05, 0.1) is 6.54 Å². The molecule has 5 nitrogen and oxygen atoms in total. The van der Waals surface area contributed by atoms with Crippen LogP contribution in [0, 0.1) is 0 Å². The SMILES string of the molecule is CCCN(CC(N)=NO)C(=O)CCc1ccccc1. The van der Waals surface area contributed by atoms with Gasteiger partial charge in [-0.25, -0.2) is 0 Å². The molecule has 0 saturated heterocycles. The molecule has 1 aromatic carbocycles. The number of rotatable bonds is 7. The molecular formula is C14H21N3O2. The maximum atomic E-state index is 12.1. The summed E-state index contributed by atoms with van der Waals surface area (Å²) in [6.45, 7) is 2.78. The van der Waals surface area contributed by atoms with E-state index in [4.69, 9.17) is 10.9 Å². The summed E-state index contributed by atoms with van der Waals surface area (Å²) in [5.41, 5.74) is 6.59. The fraction of sp³-hybridized carbons (Fsp3) is 0.429. The molecule has 0 spiro atoms. The van der Waals surface area contributed by atoms with Crippen molar-refractivity contribution in [2.24, 2.45) is 10.9 Å². The fourth-order valence-electron chi connectivity index (χ4n) is 1.84. The lowest BCUT2D eigenvalue weighted by Gasteiger charge is -2.21. The molecule has 0 unspecified atom stereocenters. The zero-order valence-corrected chi connectivity index (χ0v) is 11.2. The van der Waals surface area contributed by atoms with Crippen molar-refractivity contribution in [3.63, 3.8) is 0 Å². The van der Waals surface area contributed by atoms with E-state index < -0.39 is 0 Å². The van der Waals surface area contributed by atoms with Crippen molar-refractivity contribution in [2.45, 2.75) is 26.2 Å². The van der Waals surface area contributed by atoms with Gasteiger partial charge in [0.1, 0.15) is 0 Å². The molecule has 0 bridgehead atoms. The number of carbonyl (C=O) groups is 1. The van der Waals surface area contributed by atoms with Gasteiger partial charge in [-0.15, -0.1) is 0 Å². The number of amidine groups is 1. The van der Waals surface area contributed by atoms with Crippen molar-refractivity contribution < 1.29 is 10.0 Å². The van der Waals surface area contributed by atoms with Crippen molar-refractivity contribution in [3.05, 3.63) is 35.9 Å². The summed E-state index contributed by atoms with van der Waals surface area (Å²) in [5.74, 6) is 0.0822. The number of carbonyl (C=O) groups excluding carboxylic acids is 1. The number of hydrogen-bond donors (Lipinski definition) is 2. The second kappa shape index (κ2) is 8.13. The summed E-state index contributed by atoms with van der Waals surface area (Å²) in [7, 11) is 0. The molecular weight excluding hydrogens is 242 g/mol. The van der Waals surface area contributed by atoms with Gasteiger partial charge < -0.3 is 15.8 Å². The van der Waals surface area contributed by atoms with E-state index in [2.05, 4.69) is 5.16 Å². The zero-order chi connectivity index (χ0) is 14.1. The number of oxime groups is 1. The molecule has 1 rings (SSSR count). The van der Waals surface area contributed by atoms with E-state index in [0.29, 0.717) is 19.4 Å². The monoisotopic (exact) mass is 263 g/mol. The van der Waals surface area contributed by atoms with E-state index in [9.17, 15) is 4.79 Å². The Bertz CT molecular complexity index is 418. The van der Waals surface area contributed by atoms with Crippen molar-refractivity contribution in [3.8, 4) is 0 Å². The van der Waals surface area contributed by atoms with Crippen LogP contribution in [-0.4, -0.2) is 34.9 Å². The molecule has 104 valence electrons. The molecule has 19 heavy (non-hydrogen) atoms. The fourth-order valence-corrected chi connectivity index (χ4v) is 1.84. The average molecular weight is 263 g/mol. The molecule has 0 heterocycles. The Kier molecular flexibility index (Phi) is 6.43. The average Bonchev–Trinajstić information content (AvgIpc) is 2.45. The predicted octanol–water partition coefficient (Wildman–Crippen LogP) is 1.60. The quantitative estimate of drug-likeness (QED) is 0.339. The molecule has 0 aliphatic heterocycles. The standard InChI is InChI=1S/C14H21N3O2/c1-2-10-17(11-13(15)16-19)14(18)9-8-12-6-4-3-5-7-12/h3-7,19H,2,8-11H2,1H3,(H2,15,16). The number of aryl methyl sites for hydroxylation is 1. The van der Waals surface area contributed by atoms with Gasteiger partial charge in [-0.05, 0) is 18.4 Å². The van der Waals surface area contributed by atoms with Gasteiger partial charge in [0.2, 0.25) is 5.91 Å². The lowest BCUT2D eigenvalue weighted by atomic mass is 10.1. The van der Waals surface area contributed by atoms with Crippen LogP contribution in [-0.2, 0) is 11.2 Å². The first-order valence-electron chi connectivity index (χ1n) is 6.45. The smallest absolute Gasteiger partial charge is 0.223 e. The van der Waals surface area contributed by atoms with Gasteiger partial charge in [-0.1, -0.05) is 42.4 Å². The van der Waals surface area contributed by atoms with Crippen LogP contribution in [0.3, 0.4) is 0 Å². The van der Waals surface area contributed by atoms with Crippen LogP contribution >= 0.6 is 0 Å². The highest BCUT2D eigenvalue weighted by atomic mass is 16.4. The van der Waals surface area contributed by atoms with Crippen LogP contribution in [0.4, 0.5) is 0 Å². The van der Waals surface area contributed by atoms with E-state index >= 15 is 0 Å². The second-order valence-electron chi connectivity index (χ2n) is 4.39. The van der Waals surface area contributed by atoms with Crippen molar-refractivity contribution in [1.82, 2.24) is 4.90 Å². The summed E-state index contributed by atoms with van der Waals surface area (Å²) >= 11 is 0. The molecule has 1 amide bonds. The van der Waals surface area contributed by atoms with Crippen LogP contribution in [0.1, 0.15) is 25.3 Å². The normalized spacial score (nSPS) is 11.3. The molecule has 0 aliphatic rings. The van der Waals surface area contributed by atoms with Crippen molar-refractivity contribution >= 4 is 11.7 Å². The van der Waals surface area contributed by atoms with Gasteiger partial charge in [-0.3, -0.25) is 4.79 Å². The molecule has 0 aromatic heterocycles. The first-order valence-corrected chi connectivity index (χ1v) is 6.45. The van der Waals surface area contributed by atoms with E-state index in [1.165, 1.54) is 0 Å². The van der Waals surface area contributed by atoms with E-state index in [0.717, 1.165) is 12.0 Å². The Balaban J connectivity index is 2.52. The molecule has 1 aromatic rings. The highest BCUT2D eigenvalue weighted by molar-refractivity contribution is 5.86. The maximum absolute atomic E-state index is 12.1. The minimum Gasteiger partial charge on any atom is -0.409 e. The number of benzene rings is 1. The summed E-state index contributed by atoms with van der Waals surface area (Å²) < 4.78 is 0. The Morgan fingerprint density at radius 3 is 2.63 bits per heavy atom. The van der Waals surface area contributed by atoms with Crippen LogP contribution in [0.15, 0.2) is 35.5 Å². The van der Waals surface area contributed by atoms with Crippen LogP contribution in [0.25, 0.3) is 0 Å². The van der Waals surface area contributed by atoms with Crippen LogP contribution in [0.5, 0.6) is 0 Å².